The number of carbonyl (C=O) groups excluding carboxylic acids is 1. The molecule has 0 aliphatic carbocycles. The zero-order valence-corrected chi connectivity index (χ0v) is 12.9. The van der Waals surface area contributed by atoms with Crippen molar-refractivity contribution in [2.75, 3.05) is 0 Å². The second kappa shape index (κ2) is 6.61. The van der Waals surface area contributed by atoms with Crippen molar-refractivity contribution in [3.63, 3.8) is 0 Å². The van der Waals surface area contributed by atoms with Crippen molar-refractivity contribution in [2.24, 2.45) is 0 Å². The molecule has 1 aliphatic rings. The maximum absolute atomic E-state index is 12.1. The third-order valence-corrected chi connectivity index (χ3v) is 4.12. The predicted molar refractivity (Wildman–Crippen MR) is 90.2 cm³/mol. The molecule has 3 rings (SSSR count). The van der Waals surface area contributed by atoms with Gasteiger partial charge in [0.15, 0.2) is 0 Å². The van der Waals surface area contributed by atoms with Crippen LogP contribution in [0.25, 0.3) is 6.08 Å². The fraction of sp³-hybridized carbons (Fsp3) is 0.250. The van der Waals surface area contributed by atoms with Crippen LogP contribution in [-0.2, 0) is 11.3 Å². The molecule has 1 heterocycles. The first kappa shape index (κ1) is 14.6. The van der Waals surface area contributed by atoms with Gasteiger partial charge in [0.25, 0.3) is 0 Å². The Morgan fingerprint density at radius 3 is 2.73 bits per heavy atom. The smallest absolute Gasteiger partial charge is 0.223 e. The van der Waals surface area contributed by atoms with Crippen molar-refractivity contribution in [3.8, 4) is 0 Å². The predicted octanol–water partition coefficient (Wildman–Crippen LogP) is 4.20. The van der Waals surface area contributed by atoms with Gasteiger partial charge in [0.2, 0.25) is 5.91 Å². The van der Waals surface area contributed by atoms with E-state index < -0.39 is 0 Å². The number of amides is 1. The van der Waals surface area contributed by atoms with Crippen molar-refractivity contribution in [2.45, 2.75) is 32.4 Å². The van der Waals surface area contributed by atoms with Crippen molar-refractivity contribution < 1.29 is 4.79 Å². The van der Waals surface area contributed by atoms with Crippen LogP contribution in [-0.4, -0.2) is 16.8 Å². The van der Waals surface area contributed by atoms with Crippen LogP contribution in [0, 0.1) is 6.92 Å². The summed E-state index contributed by atoms with van der Waals surface area (Å²) in [7, 11) is 0. The molecule has 1 unspecified atom stereocenters. The molecule has 0 bridgehead atoms. The van der Waals surface area contributed by atoms with Crippen molar-refractivity contribution in [3.05, 3.63) is 77.4 Å². The van der Waals surface area contributed by atoms with E-state index in [1.165, 1.54) is 16.7 Å². The molecule has 0 saturated carbocycles. The number of benzene rings is 2. The SMILES string of the molecule is Cc1cccc(/C=C/C2CCC(=O)N2Cc2ccccc2)c1. The molecule has 112 valence electrons. The lowest BCUT2D eigenvalue weighted by molar-refractivity contribution is -0.129. The number of hydrogen-bond acceptors (Lipinski definition) is 1. The third kappa shape index (κ3) is 3.45. The molecule has 2 heteroatoms. The number of aryl methyl sites for hydroxylation is 1. The highest BCUT2D eigenvalue weighted by atomic mass is 16.2. The highest BCUT2D eigenvalue weighted by molar-refractivity contribution is 5.79. The summed E-state index contributed by atoms with van der Waals surface area (Å²) < 4.78 is 0. The van der Waals surface area contributed by atoms with E-state index in [9.17, 15) is 4.79 Å². The molecule has 2 nitrogen and oxygen atoms in total. The summed E-state index contributed by atoms with van der Waals surface area (Å²) in [5.41, 5.74) is 3.64. The van der Waals surface area contributed by atoms with E-state index in [1.54, 1.807) is 0 Å². The van der Waals surface area contributed by atoms with Crippen LogP contribution in [0.1, 0.15) is 29.5 Å². The average Bonchev–Trinajstić information content (AvgIpc) is 2.87. The Labute approximate surface area is 132 Å². The fourth-order valence-electron chi connectivity index (χ4n) is 2.94. The minimum absolute atomic E-state index is 0.202. The lowest BCUT2D eigenvalue weighted by atomic mass is 10.1. The Hall–Kier alpha value is -2.35. The molecule has 1 atom stereocenters. The third-order valence-electron chi connectivity index (χ3n) is 4.12. The van der Waals surface area contributed by atoms with Crippen LogP contribution in [0.5, 0.6) is 0 Å². The van der Waals surface area contributed by atoms with E-state index in [1.807, 2.05) is 23.1 Å². The molecule has 2 aromatic rings. The lowest BCUT2D eigenvalue weighted by Crippen LogP contribution is -2.31. The highest BCUT2D eigenvalue weighted by Crippen LogP contribution is 2.23. The summed E-state index contributed by atoms with van der Waals surface area (Å²) in [4.78, 5) is 14.1. The zero-order chi connectivity index (χ0) is 15.4. The molecule has 1 aliphatic heterocycles. The maximum atomic E-state index is 12.1. The topological polar surface area (TPSA) is 20.3 Å². The van der Waals surface area contributed by atoms with Crippen LogP contribution in [0.4, 0.5) is 0 Å². The molecule has 2 aromatic carbocycles. The summed E-state index contributed by atoms with van der Waals surface area (Å²) in [6, 6.07) is 18.8. The summed E-state index contributed by atoms with van der Waals surface area (Å²) in [5.74, 6) is 0.253. The van der Waals surface area contributed by atoms with Crippen LogP contribution >= 0.6 is 0 Å². The Balaban J connectivity index is 1.73. The quantitative estimate of drug-likeness (QED) is 0.826. The molecule has 0 N–H and O–H groups in total. The largest absolute Gasteiger partial charge is 0.332 e. The van der Waals surface area contributed by atoms with Crippen LogP contribution in [0.3, 0.4) is 0 Å². The van der Waals surface area contributed by atoms with E-state index >= 15 is 0 Å². The second-order valence-electron chi connectivity index (χ2n) is 5.89. The van der Waals surface area contributed by atoms with Gasteiger partial charge in [0.1, 0.15) is 0 Å². The second-order valence-corrected chi connectivity index (χ2v) is 5.89. The summed E-state index contributed by atoms with van der Waals surface area (Å²) in [6.07, 6.45) is 5.86. The van der Waals surface area contributed by atoms with Gasteiger partial charge in [-0.1, -0.05) is 72.3 Å². The van der Waals surface area contributed by atoms with Crippen molar-refractivity contribution >= 4 is 12.0 Å². The van der Waals surface area contributed by atoms with Crippen LogP contribution in [0.2, 0.25) is 0 Å². The number of likely N-dealkylation sites (tertiary alicyclic amines) is 1. The fourth-order valence-corrected chi connectivity index (χ4v) is 2.94. The van der Waals surface area contributed by atoms with E-state index in [0.29, 0.717) is 13.0 Å². The first-order valence-electron chi connectivity index (χ1n) is 7.80. The number of rotatable bonds is 4. The van der Waals surface area contributed by atoms with Gasteiger partial charge in [-0.25, -0.2) is 0 Å². The minimum atomic E-state index is 0.202. The van der Waals surface area contributed by atoms with Gasteiger partial charge in [-0.2, -0.15) is 0 Å². The van der Waals surface area contributed by atoms with Crippen LogP contribution < -0.4 is 0 Å². The molecule has 1 fully saturated rings. The summed E-state index contributed by atoms with van der Waals surface area (Å²) >= 11 is 0. The normalized spacial score (nSPS) is 18.3. The number of hydrogen-bond donors (Lipinski definition) is 0. The Bertz CT molecular complexity index is 675. The van der Waals surface area contributed by atoms with E-state index in [2.05, 4.69) is 55.5 Å². The highest BCUT2D eigenvalue weighted by Gasteiger charge is 2.28. The van der Waals surface area contributed by atoms with Crippen LogP contribution in [0.15, 0.2) is 60.7 Å². The van der Waals surface area contributed by atoms with Crippen molar-refractivity contribution in [1.82, 2.24) is 4.90 Å². The van der Waals surface area contributed by atoms with Crippen molar-refractivity contribution in [1.29, 1.82) is 0 Å². The maximum Gasteiger partial charge on any atom is 0.223 e. The van der Waals surface area contributed by atoms with E-state index in [-0.39, 0.29) is 11.9 Å². The average molecular weight is 291 g/mol. The van der Waals surface area contributed by atoms with Gasteiger partial charge in [0.05, 0.1) is 6.04 Å². The molecular formula is C20H21NO. The molecule has 1 saturated heterocycles. The molecule has 0 aromatic heterocycles. The first-order chi connectivity index (χ1) is 10.7. The summed E-state index contributed by atoms with van der Waals surface area (Å²) in [6.45, 7) is 2.79. The standard InChI is InChI=1S/C20H21NO/c1-16-6-5-9-17(14-16)10-11-19-12-13-20(22)21(19)15-18-7-3-2-4-8-18/h2-11,14,19H,12-13,15H2,1H3/b11-10+. The van der Waals surface area contributed by atoms with Gasteiger partial charge in [-0.05, 0) is 24.5 Å². The number of carbonyl (C=O) groups is 1. The molecule has 0 radical (unpaired) electrons. The summed E-state index contributed by atoms with van der Waals surface area (Å²) in [5, 5.41) is 0. The van der Waals surface area contributed by atoms with Gasteiger partial charge >= 0.3 is 0 Å². The molecular weight excluding hydrogens is 270 g/mol. The minimum Gasteiger partial charge on any atom is -0.332 e. The Morgan fingerprint density at radius 1 is 1.14 bits per heavy atom. The molecule has 22 heavy (non-hydrogen) atoms. The van der Waals surface area contributed by atoms with Gasteiger partial charge < -0.3 is 4.90 Å². The van der Waals surface area contributed by atoms with Gasteiger partial charge in [0, 0.05) is 13.0 Å². The first-order valence-corrected chi connectivity index (χ1v) is 7.80. The van der Waals surface area contributed by atoms with E-state index in [0.717, 1.165) is 6.42 Å². The Morgan fingerprint density at radius 2 is 1.95 bits per heavy atom. The van der Waals surface area contributed by atoms with Gasteiger partial charge in [-0.3, -0.25) is 4.79 Å². The molecule has 0 spiro atoms. The Kier molecular flexibility index (Phi) is 4.38. The van der Waals surface area contributed by atoms with E-state index in [4.69, 9.17) is 0 Å². The molecule has 1 amide bonds. The lowest BCUT2D eigenvalue weighted by Gasteiger charge is -2.22. The van der Waals surface area contributed by atoms with Gasteiger partial charge in [-0.15, -0.1) is 0 Å². The monoisotopic (exact) mass is 291 g/mol. The zero-order valence-electron chi connectivity index (χ0n) is 12.9. The number of nitrogens with zero attached hydrogens (tertiary/aromatic N) is 1.